The Balaban J connectivity index is 2.64. The third kappa shape index (κ3) is 4.67. The van der Waals surface area contributed by atoms with E-state index in [1.807, 2.05) is 13.1 Å². The summed E-state index contributed by atoms with van der Waals surface area (Å²) < 4.78 is 5.77. The highest BCUT2D eigenvalue weighted by atomic mass is 32.1. The number of ether oxygens (including phenoxy) is 1. The fraction of sp³-hybridized carbons (Fsp3) is 0.786. The molecular formula is C14H26N2OS. The van der Waals surface area contributed by atoms with Gasteiger partial charge in [-0.2, -0.15) is 0 Å². The van der Waals surface area contributed by atoms with Gasteiger partial charge in [-0.1, -0.05) is 20.3 Å². The van der Waals surface area contributed by atoms with E-state index in [0.717, 1.165) is 37.4 Å². The lowest BCUT2D eigenvalue weighted by Crippen LogP contribution is -2.18. The van der Waals surface area contributed by atoms with Gasteiger partial charge < -0.3 is 10.1 Å². The lowest BCUT2D eigenvalue weighted by Gasteiger charge is -2.13. The van der Waals surface area contributed by atoms with E-state index in [1.54, 1.807) is 11.3 Å². The fourth-order valence-electron chi connectivity index (χ4n) is 1.85. The Bertz CT molecular complexity index is 321. The summed E-state index contributed by atoms with van der Waals surface area (Å²) in [7, 11) is 0. The van der Waals surface area contributed by atoms with Crippen molar-refractivity contribution >= 4 is 11.3 Å². The van der Waals surface area contributed by atoms with Gasteiger partial charge in [-0.15, -0.1) is 11.3 Å². The first-order valence-corrected chi connectivity index (χ1v) is 7.85. The summed E-state index contributed by atoms with van der Waals surface area (Å²) in [6.45, 7) is 10.4. The van der Waals surface area contributed by atoms with Crippen molar-refractivity contribution < 1.29 is 4.74 Å². The monoisotopic (exact) mass is 270 g/mol. The van der Waals surface area contributed by atoms with Crippen molar-refractivity contribution in [3.8, 4) is 0 Å². The van der Waals surface area contributed by atoms with Crippen LogP contribution in [0.5, 0.6) is 0 Å². The molecule has 1 heterocycles. The number of nitrogens with one attached hydrogen (secondary N) is 1. The van der Waals surface area contributed by atoms with Crippen molar-refractivity contribution in [2.24, 2.45) is 0 Å². The van der Waals surface area contributed by atoms with E-state index in [0.29, 0.717) is 6.04 Å². The zero-order chi connectivity index (χ0) is 13.4. The van der Waals surface area contributed by atoms with E-state index in [-0.39, 0.29) is 6.10 Å². The molecular weight excluding hydrogens is 244 g/mol. The first-order chi connectivity index (χ1) is 8.72. The first-order valence-electron chi connectivity index (χ1n) is 7.03. The lowest BCUT2D eigenvalue weighted by molar-refractivity contribution is 0.0555. The van der Waals surface area contributed by atoms with Gasteiger partial charge in [0.15, 0.2) is 0 Å². The maximum Gasteiger partial charge on any atom is 0.122 e. The molecule has 0 bridgehead atoms. The van der Waals surface area contributed by atoms with Gasteiger partial charge in [0.25, 0.3) is 0 Å². The Morgan fingerprint density at radius 3 is 2.72 bits per heavy atom. The molecule has 0 aliphatic carbocycles. The van der Waals surface area contributed by atoms with E-state index < -0.39 is 0 Å². The van der Waals surface area contributed by atoms with Crippen LogP contribution < -0.4 is 5.32 Å². The maximum absolute atomic E-state index is 5.77. The van der Waals surface area contributed by atoms with Crippen molar-refractivity contribution in [2.45, 2.75) is 59.1 Å². The molecule has 3 nitrogen and oxygen atoms in total. The van der Waals surface area contributed by atoms with Crippen LogP contribution in [-0.4, -0.2) is 18.1 Å². The van der Waals surface area contributed by atoms with Crippen LogP contribution in [0.15, 0.2) is 6.20 Å². The summed E-state index contributed by atoms with van der Waals surface area (Å²) in [5, 5.41) is 4.62. The Morgan fingerprint density at radius 1 is 1.33 bits per heavy atom. The smallest absolute Gasteiger partial charge is 0.122 e. The van der Waals surface area contributed by atoms with Crippen LogP contribution in [-0.2, 0) is 4.74 Å². The predicted molar refractivity (Wildman–Crippen MR) is 78.1 cm³/mol. The summed E-state index contributed by atoms with van der Waals surface area (Å²) in [6, 6.07) is 0.389. The molecule has 0 radical (unpaired) electrons. The second-order valence-corrected chi connectivity index (χ2v) is 5.60. The molecule has 104 valence electrons. The molecule has 18 heavy (non-hydrogen) atoms. The number of rotatable bonds is 9. The number of hydrogen-bond acceptors (Lipinski definition) is 4. The molecule has 0 aromatic carbocycles. The van der Waals surface area contributed by atoms with Crippen LogP contribution in [0.1, 0.15) is 69.0 Å². The van der Waals surface area contributed by atoms with E-state index in [2.05, 4.69) is 31.1 Å². The average molecular weight is 270 g/mol. The first kappa shape index (κ1) is 15.6. The second kappa shape index (κ2) is 8.62. The second-order valence-electron chi connectivity index (χ2n) is 4.51. The summed E-state index contributed by atoms with van der Waals surface area (Å²) in [6.07, 6.45) is 5.51. The Labute approximate surface area is 115 Å². The van der Waals surface area contributed by atoms with Crippen LogP contribution in [0.3, 0.4) is 0 Å². The van der Waals surface area contributed by atoms with Gasteiger partial charge in [0, 0.05) is 23.7 Å². The standard InChI is InChI=1S/C14H26N2OS/c1-5-8-12(17-7-3)14-16-10-13(18-14)11(4)15-9-6-2/h10-12,15H,5-9H2,1-4H3. The minimum atomic E-state index is 0.178. The molecule has 0 fully saturated rings. The molecule has 1 aromatic heterocycles. The van der Waals surface area contributed by atoms with Crippen molar-refractivity contribution in [3.63, 3.8) is 0 Å². The summed E-state index contributed by atoms with van der Waals surface area (Å²) >= 11 is 1.78. The summed E-state index contributed by atoms with van der Waals surface area (Å²) in [5.41, 5.74) is 0. The van der Waals surface area contributed by atoms with Gasteiger partial charge in [0.05, 0.1) is 0 Å². The lowest BCUT2D eigenvalue weighted by atomic mass is 10.2. The highest BCUT2D eigenvalue weighted by Crippen LogP contribution is 2.29. The molecule has 0 spiro atoms. The molecule has 0 aliphatic rings. The molecule has 0 amide bonds. The molecule has 2 atom stereocenters. The maximum atomic E-state index is 5.77. The number of hydrogen-bond donors (Lipinski definition) is 1. The zero-order valence-electron chi connectivity index (χ0n) is 12.0. The normalized spacial score (nSPS) is 14.7. The highest BCUT2D eigenvalue weighted by Gasteiger charge is 2.16. The van der Waals surface area contributed by atoms with Crippen LogP contribution in [0, 0.1) is 0 Å². The Morgan fingerprint density at radius 2 is 2.11 bits per heavy atom. The summed E-state index contributed by atoms with van der Waals surface area (Å²) in [4.78, 5) is 5.84. The molecule has 2 unspecified atom stereocenters. The number of aromatic nitrogens is 1. The minimum Gasteiger partial charge on any atom is -0.371 e. The van der Waals surface area contributed by atoms with Crippen molar-refractivity contribution in [2.75, 3.05) is 13.2 Å². The zero-order valence-corrected chi connectivity index (χ0v) is 12.8. The van der Waals surface area contributed by atoms with Crippen molar-refractivity contribution in [3.05, 3.63) is 16.1 Å². The predicted octanol–water partition coefficient (Wildman–Crippen LogP) is 4.08. The molecule has 0 aliphatic heterocycles. The van der Waals surface area contributed by atoms with E-state index >= 15 is 0 Å². The van der Waals surface area contributed by atoms with Crippen LogP contribution in [0.2, 0.25) is 0 Å². The molecule has 1 aromatic rings. The largest absolute Gasteiger partial charge is 0.371 e. The van der Waals surface area contributed by atoms with Gasteiger partial charge in [-0.05, 0) is 33.2 Å². The van der Waals surface area contributed by atoms with Gasteiger partial charge in [-0.25, -0.2) is 4.98 Å². The Hall–Kier alpha value is -0.450. The van der Waals surface area contributed by atoms with Crippen LogP contribution in [0.25, 0.3) is 0 Å². The third-order valence-corrected chi connectivity index (χ3v) is 4.14. The van der Waals surface area contributed by atoms with Crippen LogP contribution in [0.4, 0.5) is 0 Å². The van der Waals surface area contributed by atoms with Gasteiger partial charge >= 0.3 is 0 Å². The fourth-order valence-corrected chi connectivity index (χ4v) is 2.88. The summed E-state index contributed by atoms with van der Waals surface area (Å²) in [5.74, 6) is 0. The van der Waals surface area contributed by atoms with Crippen LogP contribution >= 0.6 is 11.3 Å². The van der Waals surface area contributed by atoms with Gasteiger partial charge in [0.1, 0.15) is 11.1 Å². The number of nitrogens with zero attached hydrogens (tertiary/aromatic N) is 1. The number of thiazole rings is 1. The van der Waals surface area contributed by atoms with Crippen molar-refractivity contribution in [1.29, 1.82) is 0 Å². The van der Waals surface area contributed by atoms with Gasteiger partial charge in [-0.3, -0.25) is 0 Å². The quantitative estimate of drug-likeness (QED) is 0.734. The molecule has 0 saturated carbocycles. The van der Waals surface area contributed by atoms with Crippen molar-refractivity contribution in [1.82, 2.24) is 10.3 Å². The molecule has 1 rings (SSSR count). The molecule has 4 heteroatoms. The van der Waals surface area contributed by atoms with E-state index in [1.165, 1.54) is 4.88 Å². The van der Waals surface area contributed by atoms with Gasteiger partial charge in [0.2, 0.25) is 0 Å². The third-order valence-electron chi connectivity index (χ3n) is 2.86. The molecule has 1 N–H and O–H groups in total. The topological polar surface area (TPSA) is 34.2 Å². The molecule has 0 saturated heterocycles. The SMILES string of the molecule is CCCNC(C)c1cnc(C(CCC)OCC)s1. The van der Waals surface area contributed by atoms with E-state index in [9.17, 15) is 0 Å². The average Bonchev–Trinajstić information content (AvgIpc) is 2.85. The minimum absolute atomic E-state index is 0.178. The highest BCUT2D eigenvalue weighted by molar-refractivity contribution is 7.11. The van der Waals surface area contributed by atoms with E-state index in [4.69, 9.17) is 4.74 Å². The Kier molecular flexibility index (Phi) is 7.47.